The number of carbonyl (C=O) groups is 9. The predicted molar refractivity (Wildman–Crippen MR) is 210 cm³/mol. The van der Waals surface area contributed by atoms with Crippen LogP contribution < -0.4 is 60.6 Å². The first-order valence-electron chi connectivity index (χ1n) is 18.5. The molecule has 0 bridgehead atoms. The maximum atomic E-state index is 13.5. The monoisotopic (exact) mass is 861 g/mol. The summed E-state index contributed by atoms with van der Waals surface area (Å²) in [5, 5.41) is 61.7. The van der Waals surface area contributed by atoms with E-state index in [1.54, 1.807) is 13.8 Å². The minimum absolute atomic E-state index is 0.0181. The van der Waals surface area contributed by atoms with Crippen LogP contribution in [-0.2, 0) is 43.2 Å². The van der Waals surface area contributed by atoms with E-state index in [4.69, 9.17) is 33.8 Å². The predicted octanol–water partition coefficient (Wildman–Crippen LogP) is -7.22. The van der Waals surface area contributed by atoms with Crippen LogP contribution in [0.5, 0.6) is 0 Å². The summed E-state index contributed by atoms with van der Waals surface area (Å²) in [5.41, 5.74) is 26.7. The van der Waals surface area contributed by atoms with Gasteiger partial charge in [0.2, 0.25) is 35.4 Å². The molecule has 0 heterocycles. The zero-order valence-corrected chi connectivity index (χ0v) is 33.5. The molecule has 0 aliphatic heterocycles. The number of carboxylic acids is 3. The quantitative estimate of drug-likeness (QED) is 0.0189. The second kappa shape index (κ2) is 27.4. The molecule has 27 nitrogen and oxygen atoms in total. The smallest absolute Gasteiger partial charge is 0.326 e. The molecule has 0 rings (SSSR count). The van der Waals surface area contributed by atoms with Gasteiger partial charge in [-0.25, -0.2) is 4.79 Å². The Morgan fingerprint density at radius 1 is 0.550 bits per heavy atom. The highest BCUT2D eigenvalue weighted by Gasteiger charge is 2.35. The van der Waals surface area contributed by atoms with Gasteiger partial charge in [0, 0.05) is 13.1 Å². The number of aliphatic carboxylic acids is 3. The Bertz CT molecular complexity index is 1570. The van der Waals surface area contributed by atoms with Gasteiger partial charge in [-0.05, 0) is 44.9 Å². The Labute approximate surface area is 344 Å². The second-order valence-electron chi connectivity index (χ2n) is 13.9. The molecule has 27 heteroatoms. The van der Waals surface area contributed by atoms with Gasteiger partial charge < -0.3 is 86.1 Å². The lowest BCUT2D eigenvalue weighted by atomic mass is 10.0. The third-order valence-electron chi connectivity index (χ3n) is 8.10. The average Bonchev–Trinajstić information content (AvgIpc) is 3.12. The van der Waals surface area contributed by atoms with Crippen LogP contribution in [0, 0.1) is 5.92 Å². The fourth-order valence-electron chi connectivity index (χ4n) is 5.11. The first-order valence-corrected chi connectivity index (χ1v) is 18.5. The minimum Gasteiger partial charge on any atom is -0.481 e. The topological polar surface area (TPSA) is 482 Å². The summed E-state index contributed by atoms with van der Waals surface area (Å²) in [6.07, 6.45) is -3.73. The van der Waals surface area contributed by atoms with Crippen molar-refractivity contribution in [1.82, 2.24) is 31.9 Å². The molecule has 0 aliphatic carbocycles. The van der Waals surface area contributed by atoms with E-state index < -0.39 is 121 Å². The van der Waals surface area contributed by atoms with Crippen molar-refractivity contribution in [3.63, 3.8) is 0 Å². The average molecular weight is 862 g/mol. The van der Waals surface area contributed by atoms with Gasteiger partial charge in [0.15, 0.2) is 11.9 Å². The number of carboxylic acid groups (broad SMARTS) is 3. The molecule has 21 N–H and O–H groups in total. The van der Waals surface area contributed by atoms with Gasteiger partial charge in [0.05, 0.1) is 31.6 Å². The van der Waals surface area contributed by atoms with Gasteiger partial charge in [-0.1, -0.05) is 13.8 Å². The van der Waals surface area contributed by atoms with Crippen LogP contribution in [-0.4, -0.2) is 159 Å². The molecular weight excluding hydrogens is 802 g/mol. The van der Waals surface area contributed by atoms with Crippen LogP contribution in [0.2, 0.25) is 0 Å². The highest BCUT2D eigenvalue weighted by molar-refractivity contribution is 5.98. The van der Waals surface area contributed by atoms with Gasteiger partial charge in [-0.15, -0.1) is 0 Å². The molecule has 0 aromatic carbocycles. The summed E-state index contributed by atoms with van der Waals surface area (Å²) in [6, 6.07) is -11.6. The number of hydrogen-bond donors (Lipinski definition) is 16. The molecule has 340 valence electrons. The summed E-state index contributed by atoms with van der Waals surface area (Å²) < 4.78 is 0. The Kier molecular flexibility index (Phi) is 24.5. The number of hydrogen-bond acceptors (Lipinski definition) is 14. The van der Waals surface area contributed by atoms with E-state index in [0.29, 0.717) is 0 Å². The van der Waals surface area contributed by atoms with Crippen LogP contribution >= 0.6 is 0 Å². The van der Waals surface area contributed by atoms with Crippen LogP contribution in [0.3, 0.4) is 0 Å². The van der Waals surface area contributed by atoms with Crippen molar-refractivity contribution in [1.29, 1.82) is 0 Å². The van der Waals surface area contributed by atoms with Crippen molar-refractivity contribution in [2.75, 3.05) is 19.7 Å². The number of carbonyl (C=O) groups excluding carboxylic acids is 6. The standard InChI is InChI=1S/C33H59N13O14/c1-14(2)10-19(28(56)46-24(15(3)48)30(58)42-18(31(59)60)7-5-9-40-33(37)38)43-27(55)20(12-23(51)52)44-29(57)21(13-47)45-26(54)17(6-4-8-39-32(35)36)41-25(53)16(34)11-22(49)50/h14-21,24,47-48H,4-13,34H2,1-3H3,(H,41,53)(H,42,58)(H,43,55)(H,44,57)(H,45,54)(H,46,56)(H,49,50)(H,51,52)(H,59,60)(H4,35,36,39)(H4,37,38,40)/t15-,16+,17+,18+,19+,20+,21+,24+/m1/s1. The molecule has 0 saturated carbocycles. The number of nitrogens with one attached hydrogen (secondary N) is 6. The van der Waals surface area contributed by atoms with Crippen molar-refractivity contribution in [2.45, 2.75) is 114 Å². The van der Waals surface area contributed by atoms with Crippen molar-refractivity contribution < 1.29 is 68.7 Å². The number of guanidine groups is 2. The molecule has 0 aromatic heterocycles. The molecule has 0 fully saturated rings. The summed E-state index contributed by atoms with van der Waals surface area (Å²) in [4.78, 5) is 121. The van der Waals surface area contributed by atoms with E-state index in [9.17, 15) is 63.6 Å². The van der Waals surface area contributed by atoms with Crippen LogP contribution in [0.4, 0.5) is 0 Å². The van der Waals surface area contributed by atoms with Gasteiger partial charge in [0.1, 0.15) is 36.3 Å². The molecule has 0 spiro atoms. The lowest BCUT2D eigenvalue weighted by Crippen LogP contribution is -2.61. The van der Waals surface area contributed by atoms with Crippen LogP contribution in [0.25, 0.3) is 0 Å². The Morgan fingerprint density at radius 3 is 1.42 bits per heavy atom. The van der Waals surface area contributed by atoms with Crippen LogP contribution in [0.15, 0.2) is 9.98 Å². The minimum atomic E-state index is -1.95. The Morgan fingerprint density at radius 2 is 0.967 bits per heavy atom. The number of aliphatic hydroxyl groups excluding tert-OH is 2. The Hall–Kier alpha value is -6.35. The van der Waals surface area contributed by atoms with E-state index >= 15 is 0 Å². The lowest BCUT2D eigenvalue weighted by molar-refractivity contribution is -0.143. The normalized spacial score (nSPS) is 14.8. The molecule has 0 saturated heterocycles. The maximum Gasteiger partial charge on any atom is 0.326 e. The number of amides is 6. The molecule has 60 heavy (non-hydrogen) atoms. The summed E-state index contributed by atoms with van der Waals surface area (Å²) in [5.74, 6) is -12.1. The number of aliphatic hydroxyl groups is 2. The molecule has 0 aliphatic rings. The van der Waals surface area contributed by atoms with E-state index in [0.717, 1.165) is 6.92 Å². The zero-order chi connectivity index (χ0) is 46.3. The number of aliphatic imine (C=N–C) groups is 2. The van der Waals surface area contributed by atoms with E-state index in [2.05, 4.69) is 41.9 Å². The lowest BCUT2D eigenvalue weighted by Gasteiger charge is -2.28. The summed E-state index contributed by atoms with van der Waals surface area (Å²) >= 11 is 0. The maximum absolute atomic E-state index is 13.5. The van der Waals surface area contributed by atoms with Gasteiger partial charge in [-0.3, -0.25) is 48.3 Å². The fourth-order valence-corrected chi connectivity index (χ4v) is 5.11. The van der Waals surface area contributed by atoms with Crippen LogP contribution in [0.1, 0.15) is 65.7 Å². The summed E-state index contributed by atoms with van der Waals surface area (Å²) in [7, 11) is 0. The number of nitrogens with two attached hydrogens (primary N) is 5. The molecular formula is C33H59N13O14. The zero-order valence-electron chi connectivity index (χ0n) is 33.5. The molecule has 0 aromatic rings. The van der Waals surface area contributed by atoms with Crippen molar-refractivity contribution in [3.8, 4) is 0 Å². The number of nitrogens with zero attached hydrogens (tertiary/aromatic N) is 2. The molecule has 8 atom stereocenters. The SMILES string of the molecule is CC(C)C[C@H](NC(=O)[C@H](CC(=O)O)NC(=O)[C@H](CO)NC(=O)[C@H](CCCN=C(N)N)NC(=O)[C@@H](N)CC(=O)O)C(=O)N[C@H](C(=O)N[C@@H](CCCN=C(N)N)C(=O)O)[C@@H](C)O. The van der Waals surface area contributed by atoms with E-state index in [1.165, 1.54) is 0 Å². The molecule has 0 radical (unpaired) electrons. The van der Waals surface area contributed by atoms with Crippen molar-refractivity contribution >= 4 is 65.3 Å². The largest absolute Gasteiger partial charge is 0.481 e. The third kappa shape index (κ3) is 22.0. The second-order valence-corrected chi connectivity index (χ2v) is 13.9. The van der Waals surface area contributed by atoms with E-state index in [1.807, 2.05) is 0 Å². The first-order chi connectivity index (χ1) is 27.9. The van der Waals surface area contributed by atoms with E-state index in [-0.39, 0.29) is 63.0 Å². The van der Waals surface area contributed by atoms with Crippen molar-refractivity contribution in [3.05, 3.63) is 0 Å². The third-order valence-corrected chi connectivity index (χ3v) is 8.10. The molecule has 6 amide bonds. The summed E-state index contributed by atoms with van der Waals surface area (Å²) in [6.45, 7) is 3.33. The van der Waals surface area contributed by atoms with Gasteiger partial charge >= 0.3 is 17.9 Å². The highest BCUT2D eigenvalue weighted by Crippen LogP contribution is 2.09. The first kappa shape index (κ1) is 53.6. The van der Waals surface area contributed by atoms with Gasteiger partial charge in [0.25, 0.3) is 0 Å². The fraction of sp³-hybridized carbons (Fsp3) is 0.667. The molecule has 0 unspecified atom stereocenters. The van der Waals surface area contributed by atoms with Crippen molar-refractivity contribution in [2.24, 2.45) is 44.6 Å². The highest BCUT2D eigenvalue weighted by atomic mass is 16.4. The van der Waals surface area contributed by atoms with Gasteiger partial charge in [-0.2, -0.15) is 0 Å². The number of rotatable bonds is 29. The Balaban J connectivity index is 6.17.